The maximum absolute atomic E-state index is 5.85. The van der Waals surface area contributed by atoms with Crippen molar-refractivity contribution in [2.45, 2.75) is 33.4 Å². The molecule has 0 aliphatic rings. The van der Waals surface area contributed by atoms with Crippen molar-refractivity contribution in [2.75, 3.05) is 6.54 Å². The van der Waals surface area contributed by atoms with Gasteiger partial charge < -0.3 is 10.1 Å². The minimum Gasteiger partial charge on any atom is -0.452 e. The van der Waals surface area contributed by atoms with E-state index in [-0.39, 0.29) is 0 Å². The van der Waals surface area contributed by atoms with Crippen LogP contribution in [0.5, 0.6) is 11.5 Å². The van der Waals surface area contributed by atoms with Crippen LogP contribution in [0.15, 0.2) is 30.9 Å². The number of pyridine rings is 1. The molecule has 0 aliphatic heterocycles. The lowest BCUT2D eigenvalue weighted by Crippen LogP contribution is -2.12. The topological polar surface area (TPSA) is 52.0 Å². The molecule has 0 radical (unpaired) electrons. The number of rotatable bonds is 6. The molecule has 0 saturated heterocycles. The van der Waals surface area contributed by atoms with Crippen molar-refractivity contribution in [1.82, 2.24) is 20.1 Å². The molecule has 5 heteroatoms. The largest absolute Gasteiger partial charge is 0.452 e. The fourth-order valence-electron chi connectivity index (χ4n) is 1.69. The van der Waals surface area contributed by atoms with Gasteiger partial charge in [0.25, 0.3) is 0 Å². The van der Waals surface area contributed by atoms with E-state index in [4.69, 9.17) is 4.74 Å². The highest BCUT2D eigenvalue weighted by Crippen LogP contribution is 2.24. The van der Waals surface area contributed by atoms with E-state index in [1.54, 1.807) is 18.6 Å². The number of hydrogen-bond acceptors (Lipinski definition) is 4. The molecule has 0 saturated carbocycles. The van der Waals surface area contributed by atoms with Gasteiger partial charge in [-0.1, -0.05) is 6.92 Å². The van der Waals surface area contributed by atoms with Crippen molar-refractivity contribution < 1.29 is 4.74 Å². The fourth-order valence-corrected chi connectivity index (χ4v) is 1.69. The molecule has 0 atom stereocenters. The molecule has 102 valence electrons. The second-order valence-electron chi connectivity index (χ2n) is 4.62. The third kappa shape index (κ3) is 3.54. The van der Waals surface area contributed by atoms with E-state index in [1.165, 1.54) is 0 Å². The first kappa shape index (κ1) is 13.5. The molecule has 19 heavy (non-hydrogen) atoms. The third-order valence-electron chi connectivity index (χ3n) is 2.77. The number of hydrogen-bond donors (Lipinski definition) is 1. The summed E-state index contributed by atoms with van der Waals surface area (Å²) in [6.45, 7) is 7.93. The predicted molar refractivity (Wildman–Crippen MR) is 74.3 cm³/mol. The molecule has 1 N–H and O–H groups in total. The number of aromatic nitrogens is 3. The Bertz CT molecular complexity index is 522. The minimum absolute atomic E-state index is 0.326. The van der Waals surface area contributed by atoms with Gasteiger partial charge in [-0.2, -0.15) is 5.10 Å². The molecule has 5 nitrogen and oxygen atoms in total. The first-order chi connectivity index (χ1) is 9.20. The van der Waals surface area contributed by atoms with E-state index in [0.717, 1.165) is 30.2 Å². The van der Waals surface area contributed by atoms with Gasteiger partial charge in [0.1, 0.15) is 5.75 Å². The molecule has 0 aliphatic carbocycles. The van der Waals surface area contributed by atoms with Crippen LogP contribution >= 0.6 is 0 Å². The Morgan fingerprint density at radius 3 is 2.89 bits per heavy atom. The van der Waals surface area contributed by atoms with Gasteiger partial charge in [-0.3, -0.25) is 9.67 Å². The Kier molecular flexibility index (Phi) is 4.52. The Hall–Kier alpha value is -1.88. The van der Waals surface area contributed by atoms with Gasteiger partial charge in [-0.05, 0) is 26.5 Å². The second kappa shape index (κ2) is 6.33. The highest BCUT2D eigenvalue weighted by Gasteiger charge is 2.07. The second-order valence-corrected chi connectivity index (χ2v) is 4.62. The minimum atomic E-state index is 0.326. The van der Waals surface area contributed by atoms with Crippen LogP contribution in [-0.2, 0) is 6.54 Å². The summed E-state index contributed by atoms with van der Waals surface area (Å²) >= 11 is 0. The van der Waals surface area contributed by atoms with Gasteiger partial charge in [0.2, 0.25) is 0 Å². The lowest BCUT2D eigenvalue weighted by Gasteiger charge is -2.09. The van der Waals surface area contributed by atoms with Gasteiger partial charge in [0.15, 0.2) is 5.75 Å². The number of nitrogens with one attached hydrogen (secondary N) is 1. The van der Waals surface area contributed by atoms with Crippen molar-refractivity contribution in [2.24, 2.45) is 0 Å². The SMILES string of the molecule is CCNCc1ccncc1Oc1cnn(C(C)C)c1. The summed E-state index contributed by atoms with van der Waals surface area (Å²) < 4.78 is 7.72. The molecular weight excluding hydrogens is 240 g/mol. The van der Waals surface area contributed by atoms with Gasteiger partial charge in [0, 0.05) is 24.3 Å². The Balaban J connectivity index is 2.13. The van der Waals surface area contributed by atoms with E-state index < -0.39 is 0 Å². The predicted octanol–water partition coefficient (Wildman–Crippen LogP) is 2.76. The lowest BCUT2D eigenvalue weighted by atomic mass is 10.2. The zero-order valence-electron chi connectivity index (χ0n) is 11.6. The molecule has 2 rings (SSSR count). The smallest absolute Gasteiger partial charge is 0.165 e. The summed E-state index contributed by atoms with van der Waals surface area (Å²) in [4.78, 5) is 4.11. The zero-order valence-corrected chi connectivity index (χ0v) is 11.6. The van der Waals surface area contributed by atoms with Gasteiger partial charge in [-0.15, -0.1) is 0 Å². The van der Waals surface area contributed by atoms with Crippen molar-refractivity contribution >= 4 is 0 Å². The first-order valence-electron chi connectivity index (χ1n) is 6.56. The summed E-state index contributed by atoms with van der Waals surface area (Å²) in [5.74, 6) is 1.51. The molecule has 0 spiro atoms. The highest BCUT2D eigenvalue weighted by atomic mass is 16.5. The maximum Gasteiger partial charge on any atom is 0.165 e. The molecular formula is C14H20N4O. The molecule has 0 aromatic carbocycles. The summed E-state index contributed by atoms with van der Waals surface area (Å²) in [6.07, 6.45) is 7.13. The molecule has 0 bridgehead atoms. The van der Waals surface area contributed by atoms with Crippen LogP contribution in [0.1, 0.15) is 32.4 Å². The molecule has 0 unspecified atom stereocenters. The number of nitrogens with zero attached hydrogens (tertiary/aromatic N) is 3. The van der Waals surface area contributed by atoms with E-state index in [2.05, 4.69) is 36.2 Å². The maximum atomic E-state index is 5.85. The summed E-state index contributed by atoms with van der Waals surface area (Å²) in [5.41, 5.74) is 1.09. The van der Waals surface area contributed by atoms with Gasteiger partial charge in [0.05, 0.1) is 18.6 Å². The molecule has 0 amide bonds. The first-order valence-corrected chi connectivity index (χ1v) is 6.56. The van der Waals surface area contributed by atoms with Crippen LogP contribution in [0.2, 0.25) is 0 Å². The van der Waals surface area contributed by atoms with Crippen LogP contribution in [-0.4, -0.2) is 21.3 Å². The summed E-state index contributed by atoms with van der Waals surface area (Å²) in [5, 5.41) is 7.54. The van der Waals surface area contributed by atoms with E-state index in [9.17, 15) is 0 Å². The van der Waals surface area contributed by atoms with E-state index in [0.29, 0.717) is 6.04 Å². The van der Waals surface area contributed by atoms with E-state index in [1.807, 2.05) is 16.9 Å². The Labute approximate surface area is 113 Å². The highest BCUT2D eigenvalue weighted by molar-refractivity contribution is 5.33. The number of ether oxygens (including phenoxy) is 1. The fraction of sp³-hybridized carbons (Fsp3) is 0.429. The summed E-state index contributed by atoms with van der Waals surface area (Å²) in [6, 6.07) is 2.29. The standard InChI is InChI=1S/C14H20N4O/c1-4-15-7-12-5-6-16-9-14(12)19-13-8-17-18(10-13)11(2)3/h5-6,8-11,15H,4,7H2,1-3H3. The average molecular weight is 260 g/mol. The quantitative estimate of drug-likeness (QED) is 0.867. The van der Waals surface area contributed by atoms with Crippen LogP contribution in [0, 0.1) is 0 Å². The summed E-state index contributed by atoms with van der Waals surface area (Å²) in [7, 11) is 0. The van der Waals surface area contributed by atoms with Crippen molar-refractivity contribution in [1.29, 1.82) is 0 Å². The Morgan fingerprint density at radius 2 is 2.21 bits per heavy atom. The Morgan fingerprint density at radius 1 is 1.37 bits per heavy atom. The van der Waals surface area contributed by atoms with Crippen molar-refractivity contribution in [3.8, 4) is 11.5 Å². The lowest BCUT2D eigenvalue weighted by molar-refractivity contribution is 0.466. The molecule has 2 aromatic heterocycles. The average Bonchev–Trinajstić information content (AvgIpc) is 2.86. The molecule has 2 aromatic rings. The van der Waals surface area contributed by atoms with Gasteiger partial charge in [-0.25, -0.2) is 0 Å². The normalized spacial score (nSPS) is 10.9. The third-order valence-corrected chi connectivity index (χ3v) is 2.77. The van der Waals surface area contributed by atoms with Crippen LogP contribution in [0.3, 0.4) is 0 Å². The zero-order chi connectivity index (χ0) is 13.7. The van der Waals surface area contributed by atoms with E-state index >= 15 is 0 Å². The van der Waals surface area contributed by atoms with Crippen LogP contribution in [0.25, 0.3) is 0 Å². The van der Waals surface area contributed by atoms with Crippen LogP contribution < -0.4 is 10.1 Å². The molecule has 0 fully saturated rings. The van der Waals surface area contributed by atoms with Crippen LogP contribution in [0.4, 0.5) is 0 Å². The molecule has 2 heterocycles. The van der Waals surface area contributed by atoms with Crippen molar-refractivity contribution in [3.63, 3.8) is 0 Å². The van der Waals surface area contributed by atoms with Crippen molar-refractivity contribution in [3.05, 3.63) is 36.4 Å². The van der Waals surface area contributed by atoms with Gasteiger partial charge >= 0.3 is 0 Å². The monoisotopic (exact) mass is 260 g/mol.